The highest BCUT2D eigenvalue weighted by atomic mass is 16.5. The summed E-state index contributed by atoms with van der Waals surface area (Å²) in [6.07, 6.45) is -0.929. The van der Waals surface area contributed by atoms with Crippen LogP contribution in [0.3, 0.4) is 0 Å². The Morgan fingerprint density at radius 1 is 1.21 bits per heavy atom. The molecule has 2 atom stereocenters. The fourth-order valence-corrected chi connectivity index (χ4v) is 3.29. The Bertz CT molecular complexity index is 938. The summed E-state index contributed by atoms with van der Waals surface area (Å²) in [5, 5.41) is 7.05. The van der Waals surface area contributed by atoms with Crippen molar-refractivity contribution in [3.05, 3.63) is 47.3 Å². The van der Waals surface area contributed by atoms with Gasteiger partial charge in [0.2, 0.25) is 5.91 Å². The van der Waals surface area contributed by atoms with Crippen molar-refractivity contribution in [1.29, 1.82) is 0 Å². The van der Waals surface area contributed by atoms with Gasteiger partial charge in [-0.1, -0.05) is 30.3 Å². The fraction of sp³-hybridized carbons (Fsp3) is 0.400. The van der Waals surface area contributed by atoms with Gasteiger partial charge in [-0.05, 0) is 12.5 Å². The number of benzene rings is 1. The summed E-state index contributed by atoms with van der Waals surface area (Å²) in [4.78, 5) is 40.8. The maximum absolute atomic E-state index is 13.2. The van der Waals surface area contributed by atoms with E-state index in [1.165, 1.54) is 9.80 Å². The SMILES string of the molecule is Cc1c(NC(=O)C2OCC(=O)N(C)C2c2ccccc2)c(C(=O)N(C)C)nn1C. The van der Waals surface area contributed by atoms with Crippen LogP contribution in [-0.2, 0) is 21.4 Å². The molecule has 1 aromatic heterocycles. The number of morpholine rings is 1. The number of hydrogen-bond donors (Lipinski definition) is 1. The lowest BCUT2D eigenvalue weighted by molar-refractivity contribution is -0.160. The summed E-state index contributed by atoms with van der Waals surface area (Å²) >= 11 is 0. The Morgan fingerprint density at radius 2 is 1.86 bits per heavy atom. The second kappa shape index (κ2) is 8.04. The summed E-state index contributed by atoms with van der Waals surface area (Å²) in [6, 6.07) is 8.66. The number of hydrogen-bond acceptors (Lipinski definition) is 5. The second-order valence-electron chi connectivity index (χ2n) is 7.21. The van der Waals surface area contributed by atoms with E-state index < -0.39 is 18.1 Å². The van der Waals surface area contributed by atoms with Crippen molar-refractivity contribution in [1.82, 2.24) is 19.6 Å². The van der Waals surface area contributed by atoms with Crippen LogP contribution in [0.4, 0.5) is 5.69 Å². The van der Waals surface area contributed by atoms with Gasteiger partial charge >= 0.3 is 0 Å². The molecule has 1 saturated heterocycles. The highest BCUT2D eigenvalue weighted by Crippen LogP contribution is 2.30. The number of nitrogens with one attached hydrogen (secondary N) is 1. The molecule has 9 nitrogen and oxygen atoms in total. The zero-order valence-corrected chi connectivity index (χ0v) is 17.2. The molecular formula is C20H25N5O4. The van der Waals surface area contributed by atoms with Gasteiger partial charge in [0.15, 0.2) is 11.8 Å². The monoisotopic (exact) mass is 399 g/mol. The molecule has 0 radical (unpaired) electrons. The van der Waals surface area contributed by atoms with Crippen LogP contribution >= 0.6 is 0 Å². The van der Waals surface area contributed by atoms with Gasteiger partial charge in [0.05, 0.1) is 17.4 Å². The molecule has 1 fully saturated rings. The molecule has 29 heavy (non-hydrogen) atoms. The van der Waals surface area contributed by atoms with Crippen LogP contribution in [0.1, 0.15) is 27.8 Å². The van der Waals surface area contributed by atoms with Crippen LogP contribution in [0.2, 0.25) is 0 Å². The molecule has 2 aromatic rings. The third-order valence-electron chi connectivity index (χ3n) is 5.07. The van der Waals surface area contributed by atoms with Gasteiger partial charge < -0.3 is 19.9 Å². The predicted molar refractivity (Wildman–Crippen MR) is 106 cm³/mol. The van der Waals surface area contributed by atoms with E-state index in [1.807, 2.05) is 30.3 Å². The third-order valence-corrected chi connectivity index (χ3v) is 5.07. The lowest BCUT2D eigenvalue weighted by atomic mass is 9.97. The minimum absolute atomic E-state index is 0.153. The second-order valence-corrected chi connectivity index (χ2v) is 7.21. The van der Waals surface area contributed by atoms with Crippen LogP contribution in [0.5, 0.6) is 0 Å². The highest BCUT2D eigenvalue weighted by Gasteiger charge is 2.40. The zero-order chi connectivity index (χ0) is 21.3. The number of carbonyl (C=O) groups excluding carboxylic acids is 3. The van der Waals surface area contributed by atoms with E-state index in [0.717, 1.165) is 5.56 Å². The van der Waals surface area contributed by atoms with Crippen molar-refractivity contribution in [2.45, 2.75) is 19.1 Å². The van der Waals surface area contributed by atoms with Gasteiger partial charge in [0.1, 0.15) is 6.61 Å². The highest BCUT2D eigenvalue weighted by molar-refractivity contribution is 6.04. The van der Waals surface area contributed by atoms with E-state index in [0.29, 0.717) is 11.4 Å². The van der Waals surface area contributed by atoms with E-state index in [2.05, 4.69) is 10.4 Å². The molecule has 2 heterocycles. The molecule has 1 aliphatic heterocycles. The number of nitrogens with zero attached hydrogens (tertiary/aromatic N) is 4. The van der Waals surface area contributed by atoms with E-state index in [1.54, 1.807) is 39.8 Å². The van der Waals surface area contributed by atoms with Gasteiger partial charge in [-0.25, -0.2) is 0 Å². The van der Waals surface area contributed by atoms with Gasteiger partial charge in [-0.2, -0.15) is 5.10 Å². The topological polar surface area (TPSA) is 96.8 Å². The van der Waals surface area contributed by atoms with Crippen molar-refractivity contribution >= 4 is 23.4 Å². The predicted octanol–water partition coefficient (Wildman–Crippen LogP) is 0.967. The van der Waals surface area contributed by atoms with Gasteiger partial charge in [0, 0.05) is 28.2 Å². The van der Waals surface area contributed by atoms with Crippen LogP contribution < -0.4 is 5.32 Å². The minimum atomic E-state index is -0.929. The minimum Gasteiger partial charge on any atom is -0.356 e. The van der Waals surface area contributed by atoms with Crippen molar-refractivity contribution in [2.75, 3.05) is 33.1 Å². The van der Waals surface area contributed by atoms with E-state index >= 15 is 0 Å². The standard InChI is InChI=1S/C20H25N5O4/c1-12-15(16(22-25(12)5)20(28)23(2)3)21-19(27)18-17(13-9-7-6-8-10-13)24(4)14(26)11-29-18/h6-10,17-18H,11H2,1-5H3,(H,21,27). The smallest absolute Gasteiger partial charge is 0.276 e. The maximum Gasteiger partial charge on any atom is 0.276 e. The number of carbonyl (C=O) groups is 3. The Morgan fingerprint density at radius 3 is 2.48 bits per heavy atom. The fourth-order valence-electron chi connectivity index (χ4n) is 3.29. The van der Waals surface area contributed by atoms with Crippen molar-refractivity contribution in [3.63, 3.8) is 0 Å². The van der Waals surface area contributed by atoms with Gasteiger partial charge in [-0.3, -0.25) is 19.1 Å². The Balaban J connectivity index is 1.94. The van der Waals surface area contributed by atoms with Crippen LogP contribution in [0.25, 0.3) is 0 Å². The number of aromatic nitrogens is 2. The average Bonchev–Trinajstić information content (AvgIpc) is 2.98. The molecule has 3 rings (SSSR count). The van der Waals surface area contributed by atoms with E-state index in [-0.39, 0.29) is 24.1 Å². The first-order chi connectivity index (χ1) is 13.7. The molecule has 1 N–H and O–H groups in total. The largest absolute Gasteiger partial charge is 0.356 e. The molecule has 2 unspecified atom stereocenters. The third kappa shape index (κ3) is 3.86. The summed E-state index contributed by atoms with van der Waals surface area (Å²) in [7, 11) is 6.59. The number of ether oxygens (including phenoxy) is 1. The molecule has 9 heteroatoms. The number of likely N-dealkylation sites (N-methyl/N-ethyl adjacent to an activating group) is 1. The first kappa shape index (κ1) is 20.5. The molecule has 3 amide bonds. The van der Waals surface area contributed by atoms with Crippen molar-refractivity contribution < 1.29 is 19.1 Å². The zero-order valence-electron chi connectivity index (χ0n) is 17.2. The van der Waals surface area contributed by atoms with Crippen LogP contribution in [0, 0.1) is 6.92 Å². The first-order valence-corrected chi connectivity index (χ1v) is 9.20. The van der Waals surface area contributed by atoms with Crippen molar-refractivity contribution in [2.24, 2.45) is 7.05 Å². The van der Waals surface area contributed by atoms with E-state index in [4.69, 9.17) is 4.74 Å². The molecule has 1 aliphatic rings. The molecular weight excluding hydrogens is 374 g/mol. The summed E-state index contributed by atoms with van der Waals surface area (Å²) in [5.74, 6) is -0.966. The molecule has 0 aliphatic carbocycles. The molecule has 0 bridgehead atoms. The van der Waals surface area contributed by atoms with Crippen molar-refractivity contribution in [3.8, 4) is 0 Å². The summed E-state index contributed by atoms with van der Waals surface area (Å²) in [6.45, 7) is 1.58. The maximum atomic E-state index is 13.2. The van der Waals surface area contributed by atoms with Crippen LogP contribution in [-0.4, -0.2) is 71.2 Å². The first-order valence-electron chi connectivity index (χ1n) is 9.20. The van der Waals surface area contributed by atoms with E-state index in [9.17, 15) is 14.4 Å². The average molecular weight is 399 g/mol. The number of amides is 3. The lowest BCUT2D eigenvalue weighted by Gasteiger charge is -2.38. The number of aryl methyl sites for hydroxylation is 1. The molecule has 0 spiro atoms. The Kier molecular flexibility index (Phi) is 5.69. The molecule has 1 aromatic carbocycles. The molecule has 154 valence electrons. The Labute approximate surface area is 169 Å². The summed E-state index contributed by atoms with van der Waals surface area (Å²) in [5.41, 5.74) is 1.92. The van der Waals surface area contributed by atoms with Gasteiger partial charge in [-0.15, -0.1) is 0 Å². The quantitative estimate of drug-likeness (QED) is 0.826. The number of rotatable bonds is 4. The normalized spacial score (nSPS) is 19.2. The summed E-state index contributed by atoms with van der Waals surface area (Å²) < 4.78 is 7.17. The van der Waals surface area contributed by atoms with Gasteiger partial charge in [0.25, 0.3) is 11.8 Å². The lowest BCUT2D eigenvalue weighted by Crippen LogP contribution is -2.51. The van der Waals surface area contributed by atoms with Crippen LogP contribution in [0.15, 0.2) is 30.3 Å². The molecule has 0 saturated carbocycles. The Hall–Kier alpha value is -3.20. The number of anilines is 1.